The molecule has 0 fully saturated rings. The first-order chi connectivity index (χ1) is 9.49. The normalized spacial score (nSPS) is 10.2. The van der Waals surface area contributed by atoms with Crippen LogP contribution in [0, 0.1) is 6.92 Å². The molecule has 3 N–H and O–H groups in total. The van der Waals surface area contributed by atoms with E-state index in [1.807, 2.05) is 6.92 Å². The average molecular weight is 292 g/mol. The largest absolute Gasteiger partial charge is 0.497 e. The molecular formula is C14H14ClN3O2. The summed E-state index contributed by atoms with van der Waals surface area (Å²) in [6.45, 7) is 1.81. The molecule has 1 aromatic heterocycles. The Balaban J connectivity index is 2.23. The van der Waals surface area contributed by atoms with Crippen LogP contribution >= 0.6 is 11.6 Å². The molecule has 2 aromatic rings. The summed E-state index contributed by atoms with van der Waals surface area (Å²) in [5.41, 5.74) is 7.94. The van der Waals surface area contributed by atoms with E-state index in [-0.39, 0.29) is 5.91 Å². The number of pyridine rings is 1. The standard InChI is InChI=1S/C14H14ClN3O2/c1-8-3-11(7-17-13(8)15)18-14(19)9-4-10(16)6-12(5-9)20-2/h3-7H,16H2,1-2H3,(H,18,19). The average Bonchev–Trinajstić information content (AvgIpc) is 2.42. The summed E-state index contributed by atoms with van der Waals surface area (Å²) in [6.07, 6.45) is 1.50. The Bertz CT molecular complexity index is 659. The van der Waals surface area contributed by atoms with Crippen LogP contribution in [0.4, 0.5) is 11.4 Å². The lowest BCUT2D eigenvalue weighted by Crippen LogP contribution is -2.12. The Morgan fingerprint density at radius 3 is 2.75 bits per heavy atom. The van der Waals surface area contributed by atoms with Gasteiger partial charge in [0, 0.05) is 17.3 Å². The monoisotopic (exact) mass is 291 g/mol. The molecule has 0 spiro atoms. The number of nitrogens with two attached hydrogens (primary N) is 1. The summed E-state index contributed by atoms with van der Waals surface area (Å²) in [5.74, 6) is 0.236. The number of nitrogens with one attached hydrogen (secondary N) is 1. The molecule has 2 rings (SSSR count). The third kappa shape index (κ3) is 3.19. The number of hydrogen-bond acceptors (Lipinski definition) is 4. The highest BCUT2D eigenvalue weighted by Gasteiger charge is 2.10. The number of aryl methyl sites for hydroxylation is 1. The summed E-state index contributed by atoms with van der Waals surface area (Å²) in [5, 5.41) is 3.14. The van der Waals surface area contributed by atoms with Crippen molar-refractivity contribution in [1.29, 1.82) is 0 Å². The Morgan fingerprint density at radius 2 is 2.10 bits per heavy atom. The Labute approximate surface area is 121 Å². The molecule has 1 aromatic carbocycles. The highest BCUT2D eigenvalue weighted by atomic mass is 35.5. The maximum Gasteiger partial charge on any atom is 0.255 e. The van der Waals surface area contributed by atoms with Crippen molar-refractivity contribution in [2.75, 3.05) is 18.2 Å². The van der Waals surface area contributed by atoms with E-state index in [1.54, 1.807) is 24.3 Å². The van der Waals surface area contributed by atoms with Crippen LogP contribution in [0.15, 0.2) is 30.5 Å². The van der Waals surface area contributed by atoms with Gasteiger partial charge in [0.25, 0.3) is 5.91 Å². The number of nitrogen functional groups attached to an aromatic ring is 1. The molecule has 0 aliphatic carbocycles. The van der Waals surface area contributed by atoms with E-state index in [4.69, 9.17) is 22.1 Å². The Hall–Kier alpha value is -2.27. The molecule has 0 radical (unpaired) electrons. The molecule has 104 valence electrons. The molecular weight excluding hydrogens is 278 g/mol. The number of methoxy groups -OCH3 is 1. The minimum Gasteiger partial charge on any atom is -0.497 e. The highest BCUT2D eigenvalue weighted by Crippen LogP contribution is 2.20. The second kappa shape index (κ2) is 5.79. The van der Waals surface area contributed by atoms with Crippen molar-refractivity contribution in [3.8, 4) is 5.75 Å². The van der Waals surface area contributed by atoms with Gasteiger partial charge < -0.3 is 15.8 Å². The molecule has 0 unspecified atom stereocenters. The molecule has 6 heteroatoms. The van der Waals surface area contributed by atoms with Gasteiger partial charge in [-0.05, 0) is 30.7 Å². The number of amides is 1. The predicted molar refractivity (Wildman–Crippen MR) is 79.3 cm³/mol. The zero-order valence-electron chi connectivity index (χ0n) is 11.1. The summed E-state index contributed by atoms with van der Waals surface area (Å²) in [6, 6.07) is 6.58. The fourth-order valence-electron chi connectivity index (χ4n) is 1.70. The first-order valence-electron chi connectivity index (χ1n) is 5.87. The Kier molecular flexibility index (Phi) is 4.10. The number of rotatable bonds is 3. The van der Waals surface area contributed by atoms with Gasteiger partial charge in [0.1, 0.15) is 10.9 Å². The number of hydrogen-bond donors (Lipinski definition) is 2. The lowest BCUT2D eigenvalue weighted by Gasteiger charge is -2.08. The molecule has 5 nitrogen and oxygen atoms in total. The van der Waals surface area contributed by atoms with E-state index >= 15 is 0 Å². The third-order valence-corrected chi connectivity index (χ3v) is 3.09. The fraction of sp³-hybridized carbons (Fsp3) is 0.143. The fourth-order valence-corrected chi connectivity index (χ4v) is 1.80. The smallest absolute Gasteiger partial charge is 0.255 e. The minimum atomic E-state index is -0.292. The predicted octanol–water partition coefficient (Wildman–Crippen LogP) is 2.89. The second-order valence-corrected chi connectivity index (χ2v) is 4.64. The van der Waals surface area contributed by atoms with E-state index in [0.717, 1.165) is 5.56 Å². The molecule has 0 bridgehead atoms. The van der Waals surface area contributed by atoms with Crippen LogP contribution in [0.5, 0.6) is 5.75 Å². The van der Waals surface area contributed by atoms with Crippen molar-refractivity contribution in [2.24, 2.45) is 0 Å². The topological polar surface area (TPSA) is 77.2 Å². The van der Waals surface area contributed by atoms with Crippen molar-refractivity contribution >= 4 is 28.9 Å². The number of carbonyl (C=O) groups is 1. The van der Waals surface area contributed by atoms with Crippen LogP contribution < -0.4 is 15.8 Å². The second-order valence-electron chi connectivity index (χ2n) is 4.28. The molecule has 0 saturated carbocycles. The number of carbonyl (C=O) groups excluding carboxylic acids is 1. The first-order valence-corrected chi connectivity index (χ1v) is 6.25. The lowest BCUT2D eigenvalue weighted by molar-refractivity contribution is 0.102. The summed E-state index contributed by atoms with van der Waals surface area (Å²) in [4.78, 5) is 16.1. The van der Waals surface area contributed by atoms with E-state index in [9.17, 15) is 4.79 Å². The van der Waals surface area contributed by atoms with Gasteiger partial charge in [-0.2, -0.15) is 0 Å². The van der Waals surface area contributed by atoms with Crippen LogP contribution in [-0.2, 0) is 0 Å². The number of aromatic nitrogens is 1. The SMILES string of the molecule is COc1cc(N)cc(C(=O)Nc2cnc(Cl)c(C)c2)c1. The summed E-state index contributed by atoms with van der Waals surface area (Å²) >= 11 is 5.84. The molecule has 0 atom stereocenters. The molecule has 0 saturated heterocycles. The quantitative estimate of drug-likeness (QED) is 0.673. The Morgan fingerprint density at radius 1 is 1.35 bits per heavy atom. The van der Waals surface area contributed by atoms with Gasteiger partial charge in [-0.15, -0.1) is 0 Å². The van der Waals surface area contributed by atoms with Crippen LogP contribution in [0.25, 0.3) is 0 Å². The number of nitrogens with zero attached hydrogens (tertiary/aromatic N) is 1. The maximum atomic E-state index is 12.1. The molecule has 0 aliphatic rings. The van der Waals surface area contributed by atoms with Gasteiger partial charge in [-0.25, -0.2) is 4.98 Å². The lowest BCUT2D eigenvalue weighted by atomic mass is 10.1. The van der Waals surface area contributed by atoms with Crippen LogP contribution in [0.1, 0.15) is 15.9 Å². The van der Waals surface area contributed by atoms with Gasteiger partial charge in [0.15, 0.2) is 0 Å². The maximum absolute atomic E-state index is 12.1. The first kappa shape index (κ1) is 14.1. The summed E-state index contributed by atoms with van der Waals surface area (Å²) in [7, 11) is 1.52. The van der Waals surface area contributed by atoms with Crippen molar-refractivity contribution in [2.45, 2.75) is 6.92 Å². The van der Waals surface area contributed by atoms with E-state index in [1.165, 1.54) is 13.3 Å². The number of benzene rings is 1. The van der Waals surface area contributed by atoms with Gasteiger partial charge in [-0.1, -0.05) is 11.6 Å². The zero-order valence-corrected chi connectivity index (χ0v) is 11.9. The van der Waals surface area contributed by atoms with Gasteiger partial charge >= 0.3 is 0 Å². The van der Waals surface area contributed by atoms with Crippen molar-refractivity contribution in [3.05, 3.63) is 46.7 Å². The van der Waals surface area contributed by atoms with Crippen molar-refractivity contribution < 1.29 is 9.53 Å². The van der Waals surface area contributed by atoms with Crippen molar-refractivity contribution in [3.63, 3.8) is 0 Å². The number of halogens is 1. The zero-order chi connectivity index (χ0) is 14.7. The van der Waals surface area contributed by atoms with E-state index in [2.05, 4.69) is 10.3 Å². The van der Waals surface area contributed by atoms with Gasteiger partial charge in [0.2, 0.25) is 0 Å². The van der Waals surface area contributed by atoms with Gasteiger partial charge in [-0.3, -0.25) is 4.79 Å². The van der Waals surface area contributed by atoms with Crippen LogP contribution in [-0.4, -0.2) is 18.0 Å². The van der Waals surface area contributed by atoms with E-state index < -0.39 is 0 Å². The number of anilines is 2. The molecule has 1 heterocycles. The minimum absolute atomic E-state index is 0.292. The molecule has 20 heavy (non-hydrogen) atoms. The highest BCUT2D eigenvalue weighted by molar-refractivity contribution is 6.30. The summed E-state index contributed by atoms with van der Waals surface area (Å²) < 4.78 is 5.08. The van der Waals surface area contributed by atoms with Crippen LogP contribution in [0.2, 0.25) is 5.15 Å². The van der Waals surface area contributed by atoms with Crippen molar-refractivity contribution in [1.82, 2.24) is 4.98 Å². The van der Waals surface area contributed by atoms with Gasteiger partial charge in [0.05, 0.1) is 19.0 Å². The van der Waals surface area contributed by atoms with E-state index in [0.29, 0.717) is 27.8 Å². The number of ether oxygens (including phenoxy) is 1. The molecule has 1 amide bonds. The van der Waals surface area contributed by atoms with Crippen LogP contribution in [0.3, 0.4) is 0 Å². The molecule has 0 aliphatic heterocycles. The third-order valence-electron chi connectivity index (χ3n) is 2.70.